The third-order valence-electron chi connectivity index (χ3n) is 2.87. The molecule has 0 bridgehead atoms. The van der Waals surface area contributed by atoms with Gasteiger partial charge in [-0.3, -0.25) is 5.43 Å². The summed E-state index contributed by atoms with van der Waals surface area (Å²) in [6, 6.07) is 0.238. The highest BCUT2D eigenvalue weighted by Gasteiger charge is 2.19. The first-order valence-corrected chi connectivity index (χ1v) is 6.40. The Balaban J connectivity index is 2.53. The Morgan fingerprint density at radius 1 is 1.65 bits per heavy atom. The Bertz CT molecular complexity index is 315. The van der Waals surface area contributed by atoms with E-state index in [-0.39, 0.29) is 6.04 Å². The van der Waals surface area contributed by atoms with Crippen LogP contribution >= 0.6 is 11.6 Å². The summed E-state index contributed by atoms with van der Waals surface area (Å²) < 4.78 is 5.52. The van der Waals surface area contributed by atoms with Gasteiger partial charge in [-0.1, -0.05) is 29.8 Å². The van der Waals surface area contributed by atoms with Crippen molar-refractivity contribution in [2.75, 3.05) is 6.61 Å². The molecule has 1 rings (SSSR count). The molecule has 0 amide bonds. The summed E-state index contributed by atoms with van der Waals surface area (Å²) in [4.78, 5) is 0. The van der Waals surface area contributed by atoms with E-state index in [1.54, 1.807) is 0 Å². The summed E-state index contributed by atoms with van der Waals surface area (Å²) in [5.41, 5.74) is 9.64. The zero-order chi connectivity index (χ0) is 12.7. The lowest BCUT2D eigenvalue weighted by Gasteiger charge is -2.23. The minimum absolute atomic E-state index is 0.238. The van der Waals surface area contributed by atoms with Gasteiger partial charge in [0.1, 0.15) is 5.76 Å². The van der Waals surface area contributed by atoms with Crippen molar-refractivity contribution >= 4 is 11.6 Å². The molecule has 0 fully saturated rings. The van der Waals surface area contributed by atoms with Crippen LogP contribution in [0.2, 0.25) is 0 Å². The largest absolute Gasteiger partial charge is 0.497 e. The van der Waals surface area contributed by atoms with Crippen molar-refractivity contribution in [1.29, 1.82) is 5.53 Å². The lowest BCUT2D eigenvalue weighted by molar-refractivity contribution is 0.204. The molecule has 2 N–H and O–H groups in total. The molecule has 0 saturated heterocycles. The quantitative estimate of drug-likeness (QED) is 0.539. The van der Waals surface area contributed by atoms with Gasteiger partial charge >= 0.3 is 0 Å². The van der Waals surface area contributed by atoms with Crippen LogP contribution in [0.5, 0.6) is 0 Å². The number of nitrogens with zero attached hydrogens (tertiary/aromatic N) is 1. The fourth-order valence-corrected chi connectivity index (χ4v) is 2.15. The van der Waals surface area contributed by atoms with Gasteiger partial charge < -0.3 is 4.74 Å². The average Bonchev–Trinajstić information content (AvgIpc) is 2.33. The second-order valence-corrected chi connectivity index (χ2v) is 4.52. The molecule has 0 saturated carbocycles. The second-order valence-electron chi connectivity index (χ2n) is 4.11. The molecule has 5 heteroatoms. The predicted octanol–water partition coefficient (Wildman–Crippen LogP) is 3.75. The highest BCUT2D eigenvalue weighted by molar-refractivity contribution is 6.31. The summed E-state index contributed by atoms with van der Waals surface area (Å²) in [5, 5.41) is 3.95. The molecule has 2 unspecified atom stereocenters. The van der Waals surface area contributed by atoms with Crippen molar-refractivity contribution < 1.29 is 4.74 Å². The zero-order valence-corrected chi connectivity index (χ0v) is 11.1. The summed E-state index contributed by atoms with van der Waals surface area (Å²) in [6.45, 7) is 4.69. The lowest BCUT2D eigenvalue weighted by Crippen LogP contribution is -2.26. The second kappa shape index (κ2) is 7.33. The van der Waals surface area contributed by atoms with E-state index in [9.17, 15) is 0 Å². The molecule has 1 aliphatic rings. The Morgan fingerprint density at radius 2 is 2.41 bits per heavy atom. The third-order valence-corrected chi connectivity index (χ3v) is 3.21. The van der Waals surface area contributed by atoms with Crippen LogP contribution in [-0.2, 0) is 4.74 Å². The van der Waals surface area contributed by atoms with Crippen molar-refractivity contribution in [3.63, 3.8) is 0 Å². The smallest absolute Gasteiger partial charge is 0.115 e. The minimum atomic E-state index is 0.238. The number of hydrogen-bond donors (Lipinski definition) is 2. The van der Waals surface area contributed by atoms with Crippen LogP contribution in [0, 0.1) is 11.4 Å². The molecular weight excluding hydrogens is 238 g/mol. The molecule has 0 radical (unpaired) electrons. The summed E-state index contributed by atoms with van der Waals surface area (Å²) in [7, 11) is 0. The molecule has 17 heavy (non-hydrogen) atoms. The third kappa shape index (κ3) is 4.38. The maximum atomic E-state index is 6.83. The normalized spacial score (nSPS) is 21.2. The van der Waals surface area contributed by atoms with E-state index in [0.717, 1.165) is 25.0 Å². The van der Waals surface area contributed by atoms with Crippen LogP contribution in [0.15, 0.2) is 28.2 Å². The molecule has 4 nitrogen and oxygen atoms in total. The number of rotatable bonds is 7. The fraction of sp³-hybridized carbons (Fsp3) is 0.667. The highest BCUT2D eigenvalue weighted by Crippen LogP contribution is 2.29. The molecule has 0 aliphatic heterocycles. The number of halogens is 1. The van der Waals surface area contributed by atoms with Crippen LogP contribution in [-0.4, -0.2) is 12.6 Å². The lowest BCUT2D eigenvalue weighted by atomic mass is 9.91. The topological polar surface area (TPSA) is 57.5 Å². The van der Waals surface area contributed by atoms with Crippen molar-refractivity contribution in [3.8, 4) is 0 Å². The predicted molar refractivity (Wildman–Crippen MR) is 68.7 cm³/mol. The molecule has 0 aromatic rings. The number of ether oxygens (including phenoxy) is 1. The molecule has 0 heterocycles. The fourth-order valence-electron chi connectivity index (χ4n) is 1.95. The van der Waals surface area contributed by atoms with Gasteiger partial charge in [0.15, 0.2) is 0 Å². The Kier molecular flexibility index (Phi) is 6.05. The molecule has 0 aromatic heterocycles. The van der Waals surface area contributed by atoms with Gasteiger partial charge in [-0.15, -0.1) is 0 Å². The minimum Gasteiger partial charge on any atom is -0.497 e. The first-order chi connectivity index (χ1) is 8.21. The van der Waals surface area contributed by atoms with E-state index >= 15 is 0 Å². The van der Waals surface area contributed by atoms with Crippen LogP contribution in [0.25, 0.3) is 0 Å². The van der Waals surface area contributed by atoms with Gasteiger partial charge in [0.2, 0.25) is 0 Å². The van der Waals surface area contributed by atoms with Crippen LogP contribution in [0.3, 0.4) is 0 Å². The van der Waals surface area contributed by atoms with E-state index < -0.39 is 0 Å². The number of nitrogens with one attached hydrogen (secondary N) is 2. The first kappa shape index (κ1) is 14.0. The van der Waals surface area contributed by atoms with E-state index in [0.29, 0.717) is 17.6 Å². The molecule has 0 spiro atoms. The van der Waals surface area contributed by atoms with Gasteiger partial charge in [0.05, 0.1) is 11.6 Å². The average molecular weight is 258 g/mol. The summed E-state index contributed by atoms with van der Waals surface area (Å²) >= 11 is 6.06. The van der Waals surface area contributed by atoms with Crippen molar-refractivity contribution in [2.24, 2.45) is 11.1 Å². The van der Waals surface area contributed by atoms with Crippen LogP contribution < -0.4 is 5.43 Å². The van der Waals surface area contributed by atoms with Crippen molar-refractivity contribution in [2.45, 2.75) is 39.2 Å². The van der Waals surface area contributed by atoms with Crippen LogP contribution in [0.4, 0.5) is 0 Å². The van der Waals surface area contributed by atoms with Gasteiger partial charge in [0.25, 0.3) is 0 Å². The van der Waals surface area contributed by atoms with Gasteiger partial charge in [-0.2, -0.15) is 5.53 Å². The summed E-state index contributed by atoms with van der Waals surface area (Å²) in [5.74, 6) is 1.28. The number of allylic oxidation sites excluding steroid dienone is 4. The van der Waals surface area contributed by atoms with Crippen molar-refractivity contribution in [3.05, 3.63) is 22.9 Å². The molecule has 0 aromatic carbocycles. The van der Waals surface area contributed by atoms with E-state index in [1.807, 2.05) is 13.0 Å². The van der Waals surface area contributed by atoms with Gasteiger partial charge in [-0.05, 0) is 31.8 Å². The molecule has 2 atom stereocenters. The number of hydrogen-bond acceptors (Lipinski definition) is 3. The van der Waals surface area contributed by atoms with E-state index in [1.165, 1.54) is 0 Å². The molecule has 96 valence electrons. The Hall–Kier alpha value is -1.03. The van der Waals surface area contributed by atoms with Crippen LogP contribution in [0.1, 0.15) is 33.1 Å². The standard InChI is InChI=1S/C12H20ClN3O/c1-3-10(15-16-14)7-9-5-6-11(13)12(8-9)17-4-2/h5-6,9-10H,3-4,7-8H2,1-2H3,(H2,14,15). The SMILES string of the molecule is CCOC1=C(Cl)C=CC(CC(CC)NN=N)C1. The maximum Gasteiger partial charge on any atom is 0.115 e. The highest BCUT2D eigenvalue weighted by atomic mass is 35.5. The maximum absolute atomic E-state index is 6.83. The monoisotopic (exact) mass is 257 g/mol. The Morgan fingerprint density at radius 3 is 3.00 bits per heavy atom. The molecular formula is C12H20ClN3O. The Labute approximate surface area is 108 Å². The van der Waals surface area contributed by atoms with E-state index in [2.05, 4.69) is 23.6 Å². The van der Waals surface area contributed by atoms with Gasteiger partial charge in [-0.25, -0.2) is 0 Å². The summed E-state index contributed by atoms with van der Waals surface area (Å²) in [6.07, 6.45) is 6.74. The molecule has 1 aliphatic carbocycles. The van der Waals surface area contributed by atoms with E-state index in [4.69, 9.17) is 21.9 Å². The first-order valence-electron chi connectivity index (χ1n) is 6.02. The zero-order valence-electron chi connectivity index (χ0n) is 10.4. The van der Waals surface area contributed by atoms with Gasteiger partial charge in [0, 0.05) is 12.5 Å². The van der Waals surface area contributed by atoms with Crippen molar-refractivity contribution in [1.82, 2.24) is 5.43 Å².